The molecule has 1 heterocycles. The van der Waals surface area contributed by atoms with Crippen molar-refractivity contribution in [3.8, 4) is 0 Å². The van der Waals surface area contributed by atoms with E-state index in [2.05, 4.69) is 17.2 Å². The van der Waals surface area contributed by atoms with Crippen molar-refractivity contribution in [2.75, 3.05) is 28.5 Å². The lowest BCUT2D eigenvalue weighted by Crippen LogP contribution is -2.35. The molecular weight excluding hydrogens is 342 g/mol. The van der Waals surface area contributed by atoms with E-state index < -0.39 is 21.8 Å². The lowest BCUT2D eigenvalue weighted by molar-refractivity contribution is -0.136. The van der Waals surface area contributed by atoms with E-state index in [1.165, 1.54) is 28.6 Å². The number of hydrogen-bond acceptors (Lipinski definition) is 4. The number of sulfonamides is 1. The maximum Gasteiger partial charge on any atom is 0.313 e. The summed E-state index contributed by atoms with van der Waals surface area (Å²) in [5.74, 6) is -1.61. The molecule has 0 aliphatic carbocycles. The number of amides is 2. The van der Waals surface area contributed by atoms with Gasteiger partial charge in [-0.25, -0.2) is 8.42 Å². The molecule has 1 fully saturated rings. The van der Waals surface area contributed by atoms with E-state index in [1.807, 2.05) is 0 Å². The quantitative estimate of drug-likeness (QED) is 0.623. The number of anilines is 2. The minimum Gasteiger partial charge on any atom is -0.344 e. The predicted octanol–water partition coefficient (Wildman–Crippen LogP) is 1.12. The van der Waals surface area contributed by atoms with Crippen molar-refractivity contribution in [2.45, 2.75) is 6.42 Å². The van der Waals surface area contributed by atoms with Gasteiger partial charge in [0.1, 0.15) is 0 Å². The van der Waals surface area contributed by atoms with E-state index in [1.54, 1.807) is 0 Å². The number of halogens is 1. The van der Waals surface area contributed by atoms with Crippen molar-refractivity contribution in [3.05, 3.63) is 35.9 Å². The van der Waals surface area contributed by atoms with Crippen LogP contribution in [0.3, 0.4) is 0 Å². The zero-order valence-electron chi connectivity index (χ0n) is 12.2. The van der Waals surface area contributed by atoms with Crippen LogP contribution in [0.25, 0.3) is 0 Å². The Bertz CT molecular complexity index is 748. The molecule has 0 radical (unpaired) electrons. The van der Waals surface area contributed by atoms with E-state index in [0.29, 0.717) is 13.0 Å². The normalized spacial score (nSPS) is 16.0. The van der Waals surface area contributed by atoms with E-state index >= 15 is 0 Å². The molecule has 1 aromatic rings. The monoisotopic (exact) mass is 357 g/mol. The molecule has 2 amide bonds. The highest BCUT2D eigenvalue weighted by atomic mass is 35.5. The molecule has 1 aliphatic rings. The van der Waals surface area contributed by atoms with Gasteiger partial charge in [0, 0.05) is 18.8 Å². The maximum atomic E-state index is 12.0. The number of benzene rings is 1. The molecule has 23 heavy (non-hydrogen) atoms. The van der Waals surface area contributed by atoms with Crippen LogP contribution in [-0.4, -0.2) is 39.1 Å². The summed E-state index contributed by atoms with van der Waals surface area (Å²) >= 11 is 6.06. The number of nitrogens with one attached hydrogen (secondary N) is 2. The molecule has 1 saturated heterocycles. The van der Waals surface area contributed by atoms with Crippen LogP contribution in [0.4, 0.5) is 11.4 Å². The largest absolute Gasteiger partial charge is 0.344 e. The molecule has 124 valence electrons. The second kappa shape index (κ2) is 7.01. The molecular formula is C14H16ClN3O4S. The van der Waals surface area contributed by atoms with Crippen LogP contribution in [-0.2, 0) is 19.6 Å². The smallest absolute Gasteiger partial charge is 0.313 e. The van der Waals surface area contributed by atoms with Gasteiger partial charge in [-0.05, 0) is 24.6 Å². The standard InChI is InChI=1S/C14H16ClN3O4S/c1-2-6-16-13(19)14(20)17-10-4-5-11(15)12(9-10)18-7-3-8-23(18,21)22/h2,4-5,9H,1,3,6-8H2,(H,16,19)(H,17,20). The van der Waals surface area contributed by atoms with Crippen molar-refractivity contribution in [1.29, 1.82) is 0 Å². The van der Waals surface area contributed by atoms with Gasteiger partial charge in [-0.3, -0.25) is 13.9 Å². The van der Waals surface area contributed by atoms with Crippen molar-refractivity contribution in [2.24, 2.45) is 0 Å². The van der Waals surface area contributed by atoms with Gasteiger partial charge in [0.15, 0.2) is 0 Å². The second-order valence-corrected chi connectivity index (χ2v) is 7.28. The van der Waals surface area contributed by atoms with Crippen LogP contribution in [0.1, 0.15) is 6.42 Å². The van der Waals surface area contributed by atoms with Crippen molar-refractivity contribution in [1.82, 2.24) is 5.32 Å². The fourth-order valence-electron chi connectivity index (χ4n) is 2.12. The molecule has 9 heteroatoms. The second-order valence-electron chi connectivity index (χ2n) is 4.86. The van der Waals surface area contributed by atoms with Crippen LogP contribution in [0.15, 0.2) is 30.9 Å². The lowest BCUT2D eigenvalue weighted by atomic mass is 10.2. The Labute approximate surface area is 139 Å². The molecule has 0 aromatic heterocycles. The highest BCUT2D eigenvalue weighted by Gasteiger charge is 2.30. The maximum absolute atomic E-state index is 12.0. The van der Waals surface area contributed by atoms with Crippen LogP contribution in [0.5, 0.6) is 0 Å². The van der Waals surface area contributed by atoms with Gasteiger partial charge in [0.2, 0.25) is 10.0 Å². The fourth-order valence-corrected chi connectivity index (χ4v) is 3.97. The van der Waals surface area contributed by atoms with Crippen LogP contribution in [0, 0.1) is 0 Å². The Kier molecular flexibility index (Phi) is 5.27. The molecule has 1 aromatic carbocycles. The molecule has 0 unspecified atom stereocenters. The summed E-state index contributed by atoms with van der Waals surface area (Å²) in [6.07, 6.45) is 1.96. The van der Waals surface area contributed by atoms with Gasteiger partial charge < -0.3 is 10.6 Å². The first-order valence-electron chi connectivity index (χ1n) is 6.85. The summed E-state index contributed by atoms with van der Waals surface area (Å²) in [7, 11) is -3.39. The predicted molar refractivity (Wildman–Crippen MR) is 89.0 cm³/mol. The highest BCUT2D eigenvalue weighted by Crippen LogP contribution is 2.33. The molecule has 7 nitrogen and oxygen atoms in total. The summed E-state index contributed by atoms with van der Waals surface area (Å²) < 4.78 is 25.2. The number of carbonyl (C=O) groups excluding carboxylic acids is 2. The third kappa shape index (κ3) is 4.02. The third-order valence-electron chi connectivity index (χ3n) is 3.19. The van der Waals surface area contributed by atoms with E-state index in [0.717, 1.165) is 0 Å². The van der Waals surface area contributed by atoms with Crippen LogP contribution < -0.4 is 14.9 Å². The summed E-state index contributed by atoms with van der Waals surface area (Å²) in [6, 6.07) is 4.40. The van der Waals surface area contributed by atoms with Crippen molar-refractivity contribution in [3.63, 3.8) is 0 Å². The number of nitrogens with zero attached hydrogens (tertiary/aromatic N) is 1. The van der Waals surface area contributed by atoms with Gasteiger partial charge in [-0.15, -0.1) is 6.58 Å². The first-order valence-corrected chi connectivity index (χ1v) is 8.84. The Morgan fingerprint density at radius 1 is 1.35 bits per heavy atom. The highest BCUT2D eigenvalue weighted by molar-refractivity contribution is 7.93. The Morgan fingerprint density at radius 3 is 2.70 bits per heavy atom. The average molecular weight is 358 g/mol. The first-order chi connectivity index (χ1) is 10.8. The van der Waals surface area contributed by atoms with E-state index in [9.17, 15) is 18.0 Å². The summed E-state index contributed by atoms with van der Waals surface area (Å²) in [4.78, 5) is 23.3. The molecule has 0 bridgehead atoms. The molecule has 0 spiro atoms. The number of hydrogen-bond donors (Lipinski definition) is 2. The molecule has 0 saturated carbocycles. The van der Waals surface area contributed by atoms with Gasteiger partial charge >= 0.3 is 11.8 Å². The summed E-state index contributed by atoms with van der Waals surface area (Å²) in [5.41, 5.74) is 0.568. The van der Waals surface area contributed by atoms with Gasteiger partial charge in [0.25, 0.3) is 0 Å². The van der Waals surface area contributed by atoms with Crippen LogP contribution in [0.2, 0.25) is 5.02 Å². The van der Waals surface area contributed by atoms with Crippen molar-refractivity contribution >= 4 is 44.8 Å². The zero-order chi connectivity index (χ0) is 17.0. The average Bonchev–Trinajstić information content (AvgIpc) is 2.85. The SMILES string of the molecule is C=CCNC(=O)C(=O)Nc1ccc(Cl)c(N2CCCS2(=O)=O)c1. The molecule has 1 aliphatic heterocycles. The summed E-state index contributed by atoms with van der Waals surface area (Å²) in [6.45, 7) is 3.93. The van der Waals surface area contributed by atoms with Gasteiger partial charge in [-0.1, -0.05) is 17.7 Å². The van der Waals surface area contributed by atoms with Gasteiger partial charge in [-0.2, -0.15) is 0 Å². The minimum atomic E-state index is -3.39. The topological polar surface area (TPSA) is 95.6 Å². The Morgan fingerprint density at radius 2 is 2.09 bits per heavy atom. The zero-order valence-corrected chi connectivity index (χ0v) is 13.8. The Balaban J connectivity index is 2.19. The Hall–Kier alpha value is -2.06. The molecule has 0 atom stereocenters. The minimum absolute atomic E-state index is 0.0594. The summed E-state index contributed by atoms with van der Waals surface area (Å²) in [5, 5.41) is 5.00. The van der Waals surface area contributed by atoms with Gasteiger partial charge in [0.05, 0.1) is 16.5 Å². The fraction of sp³-hybridized carbons (Fsp3) is 0.286. The van der Waals surface area contributed by atoms with E-state index in [-0.39, 0.29) is 28.7 Å². The van der Waals surface area contributed by atoms with Crippen molar-refractivity contribution < 1.29 is 18.0 Å². The lowest BCUT2D eigenvalue weighted by Gasteiger charge is -2.19. The van der Waals surface area contributed by atoms with Crippen LogP contribution >= 0.6 is 11.6 Å². The molecule has 2 rings (SSSR count). The first kappa shape index (κ1) is 17.3. The molecule has 2 N–H and O–H groups in total. The number of carbonyl (C=O) groups is 2. The third-order valence-corrected chi connectivity index (χ3v) is 5.36. The number of rotatable bonds is 4. The van der Waals surface area contributed by atoms with E-state index in [4.69, 9.17) is 11.6 Å².